The van der Waals surface area contributed by atoms with Crippen LogP contribution in [0.1, 0.15) is 38.5 Å². The molecular weight excluding hydrogens is 320 g/mol. The number of ether oxygens (including phenoxy) is 2. The molecule has 3 saturated heterocycles. The fourth-order valence-electron chi connectivity index (χ4n) is 4.47. The highest BCUT2D eigenvalue weighted by Crippen LogP contribution is 2.47. The van der Waals surface area contributed by atoms with Gasteiger partial charge in [-0.2, -0.15) is 0 Å². The molecule has 2 bridgehead atoms. The highest BCUT2D eigenvalue weighted by molar-refractivity contribution is 5.75. The molecule has 1 N–H and O–H groups in total. The van der Waals surface area contributed by atoms with Crippen molar-refractivity contribution in [2.75, 3.05) is 26.3 Å². The van der Waals surface area contributed by atoms with Crippen LogP contribution in [0.2, 0.25) is 0 Å². The van der Waals surface area contributed by atoms with E-state index >= 15 is 0 Å². The lowest BCUT2D eigenvalue weighted by Gasteiger charge is -2.23. The first-order valence-electron chi connectivity index (χ1n) is 9.44. The smallest absolute Gasteiger partial charge is 0.318 e. The molecule has 0 radical (unpaired) electrons. The fraction of sp³-hybridized carbons (Fsp3) is 0.737. The monoisotopic (exact) mass is 348 g/mol. The van der Waals surface area contributed by atoms with Crippen LogP contribution in [-0.2, 0) is 9.47 Å². The van der Waals surface area contributed by atoms with Crippen LogP contribution in [0.25, 0.3) is 0 Å². The van der Waals surface area contributed by atoms with E-state index in [-0.39, 0.29) is 12.1 Å². The van der Waals surface area contributed by atoms with Crippen LogP contribution < -0.4 is 5.32 Å². The third-order valence-electron chi connectivity index (χ3n) is 5.66. The maximum Gasteiger partial charge on any atom is 0.318 e. The number of hydrogen-bond donors (Lipinski definition) is 1. The quantitative estimate of drug-likeness (QED) is 0.859. The third-order valence-corrected chi connectivity index (χ3v) is 5.66. The molecule has 3 aliphatic heterocycles. The number of hydrogen-bond acceptors (Lipinski definition) is 4. The number of nitrogens with one attached hydrogen (secondary N) is 1. The first-order chi connectivity index (χ1) is 12.1. The van der Waals surface area contributed by atoms with Crippen molar-refractivity contribution in [1.82, 2.24) is 10.2 Å². The lowest BCUT2D eigenvalue weighted by molar-refractivity contribution is 0.0708. The average Bonchev–Trinajstić information content (AvgIpc) is 3.35. The van der Waals surface area contributed by atoms with E-state index in [9.17, 15) is 4.79 Å². The predicted molar refractivity (Wildman–Crippen MR) is 92.1 cm³/mol. The van der Waals surface area contributed by atoms with E-state index in [1.165, 1.54) is 0 Å². The van der Waals surface area contributed by atoms with Gasteiger partial charge >= 0.3 is 6.03 Å². The molecule has 5 atom stereocenters. The van der Waals surface area contributed by atoms with Crippen molar-refractivity contribution in [3.63, 3.8) is 0 Å². The van der Waals surface area contributed by atoms with Gasteiger partial charge in [-0.25, -0.2) is 4.79 Å². The maximum absolute atomic E-state index is 12.8. The number of carbonyl (C=O) groups is 1. The molecule has 1 aromatic rings. The lowest BCUT2D eigenvalue weighted by atomic mass is 9.82. The minimum absolute atomic E-state index is 0.0247. The summed E-state index contributed by atoms with van der Waals surface area (Å²) >= 11 is 0. The Balaban J connectivity index is 1.36. The van der Waals surface area contributed by atoms with E-state index in [1.54, 1.807) is 6.26 Å². The van der Waals surface area contributed by atoms with Gasteiger partial charge in [0.1, 0.15) is 11.8 Å². The summed E-state index contributed by atoms with van der Waals surface area (Å²) in [5.74, 6) is 2.23. The SMILES string of the molecule is CC(C)COCC(NC(=O)N1CC2C3CCC(O3)C2C1)c1ccco1. The van der Waals surface area contributed by atoms with E-state index in [0.29, 0.717) is 43.2 Å². The Morgan fingerprint density at radius 3 is 2.60 bits per heavy atom. The number of urea groups is 1. The third kappa shape index (κ3) is 3.42. The number of carbonyl (C=O) groups excluding carboxylic acids is 1. The van der Waals surface area contributed by atoms with Crippen LogP contribution >= 0.6 is 0 Å². The molecule has 6 heteroatoms. The second-order valence-electron chi connectivity index (χ2n) is 7.97. The highest BCUT2D eigenvalue weighted by Gasteiger charge is 2.53. The Morgan fingerprint density at radius 2 is 2.00 bits per heavy atom. The minimum atomic E-state index is -0.255. The van der Waals surface area contributed by atoms with Gasteiger partial charge in [0, 0.05) is 31.5 Å². The van der Waals surface area contributed by atoms with Gasteiger partial charge < -0.3 is 24.1 Å². The van der Waals surface area contributed by atoms with Crippen LogP contribution in [0.15, 0.2) is 22.8 Å². The number of rotatable bonds is 6. The molecule has 2 amide bonds. The summed E-state index contributed by atoms with van der Waals surface area (Å²) in [5.41, 5.74) is 0. The summed E-state index contributed by atoms with van der Waals surface area (Å²) in [6.45, 7) is 6.92. The Kier molecular flexibility index (Phi) is 4.73. The Hall–Kier alpha value is -1.53. The van der Waals surface area contributed by atoms with Crippen LogP contribution in [-0.4, -0.2) is 49.4 Å². The second-order valence-corrected chi connectivity index (χ2v) is 7.97. The van der Waals surface area contributed by atoms with Crippen molar-refractivity contribution < 1.29 is 18.7 Å². The number of nitrogens with zero attached hydrogens (tertiary/aromatic N) is 1. The van der Waals surface area contributed by atoms with Crippen LogP contribution in [0.4, 0.5) is 4.79 Å². The summed E-state index contributed by atoms with van der Waals surface area (Å²) in [5, 5.41) is 3.10. The molecule has 138 valence electrons. The number of furan rings is 1. The normalized spacial score (nSPS) is 31.6. The van der Waals surface area contributed by atoms with E-state index in [4.69, 9.17) is 13.9 Å². The van der Waals surface area contributed by atoms with Crippen LogP contribution in [0.5, 0.6) is 0 Å². The Morgan fingerprint density at radius 1 is 1.28 bits per heavy atom. The van der Waals surface area contributed by atoms with Crippen molar-refractivity contribution in [2.45, 2.75) is 44.9 Å². The number of amides is 2. The topological polar surface area (TPSA) is 63.9 Å². The molecule has 4 rings (SSSR count). The van der Waals surface area contributed by atoms with E-state index in [1.807, 2.05) is 17.0 Å². The first kappa shape index (κ1) is 16.9. The van der Waals surface area contributed by atoms with Gasteiger partial charge in [-0.3, -0.25) is 0 Å². The van der Waals surface area contributed by atoms with E-state index in [0.717, 1.165) is 31.7 Å². The van der Waals surface area contributed by atoms with Gasteiger partial charge in [0.2, 0.25) is 0 Å². The highest BCUT2D eigenvalue weighted by atomic mass is 16.5. The Labute approximate surface area is 148 Å². The van der Waals surface area contributed by atoms with Crippen molar-refractivity contribution >= 4 is 6.03 Å². The van der Waals surface area contributed by atoms with Gasteiger partial charge in [-0.1, -0.05) is 13.8 Å². The summed E-state index contributed by atoms with van der Waals surface area (Å²) < 4.78 is 17.2. The summed E-state index contributed by atoms with van der Waals surface area (Å²) in [4.78, 5) is 14.7. The molecule has 25 heavy (non-hydrogen) atoms. The van der Waals surface area contributed by atoms with Gasteiger partial charge in [0.05, 0.1) is 25.1 Å². The standard InChI is InChI=1S/C19H28N2O4/c1-12(2)10-23-11-15(18-4-3-7-24-18)20-19(22)21-8-13-14(9-21)17-6-5-16(13)25-17/h3-4,7,12-17H,5-6,8-11H2,1-2H3,(H,20,22). The minimum Gasteiger partial charge on any atom is -0.467 e. The molecule has 6 nitrogen and oxygen atoms in total. The van der Waals surface area contributed by atoms with Crippen molar-refractivity contribution in [3.8, 4) is 0 Å². The first-order valence-corrected chi connectivity index (χ1v) is 9.44. The molecule has 3 aliphatic rings. The largest absolute Gasteiger partial charge is 0.467 e. The number of likely N-dealkylation sites (tertiary alicyclic amines) is 1. The average molecular weight is 348 g/mol. The second kappa shape index (κ2) is 7.00. The van der Waals surface area contributed by atoms with Crippen LogP contribution in [0.3, 0.4) is 0 Å². The van der Waals surface area contributed by atoms with Gasteiger partial charge in [0.15, 0.2) is 0 Å². The summed E-state index contributed by atoms with van der Waals surface area (Å²) in [6, 6.07) is 3.45. The van der Waals surface area contributed by atoms with Gasteiger partial charge in [0.25, 0.3) is 0 Å². The predicted octanol–water partition coefficient (Wildman–Crippen LogP) is 2.81. The zero-order chi connectivity index (χ0) is 17.4. The fourth-order valence-corrected chi connectivity index (χ4v) is 4.47. The molecule has 5 unspecified atom stereocenters. The summed E-state index contributed by atoms with van der Waals surface area (Å²) in [6.07, 6.45) is 4.66. The number of fused-ring (bicyclic) bond motifs is 5. The molecule has 0 aromatic carbocycles. The molecule has 1 aromatic heterocycles. The van der Waals surface area contributed by atoms with Crippen LogP contribution in [0, 0.1) is 17.8 Å². The molecule has 3 fully saturated rings. The van der Waals surface area contributed by atoms with Crippen molar-refractivity contribution in [3.05, 3.63) is 24.2 Å². The molecule has 0 spiro atoms. The zero-order valence-electron chi connectivity index (χ0n) is 15.0. The zero-order valence-corrected chi connectivity index (χ0v) is 15.0. The summed E-state index contributed by atoms with van der Waals surface area (Å²) in [7, 11) is 0. The van der Waals surface area contributed by atoms with Crippen molar-refractivity contribution in [1.29, 1.82) is 0 Å². The molecule has 0 saturated carbocycles. The van der Waals surface area contributed by atoms with E-state index < -0.39 is 0 Å². The van der Waals surface area contributed by atoms with E-state index in [2.05, 4.69) is 19.2 Å². The molecule has 0 aliphatic carbocycles. The van der Waals surface area contributed by atoms with Crippen molar-refractivity contribution in [2.24, 2.45) is 17.8 Å². The maximum atomic E-state index is 12.8. The molecular formula is C19H28N2O4. The molecule has 4 heterocycles. The van der Waals surface area contributed by atoms with Gasteiger partial charge in [-0.05, 0) is 30.9 Å². The Bertz CT molecular complexity index is 570. The van der Waals surface area contributed by atoms with Gasteiger partial charge in [-0.15, -0.1) is 0 Å². The lowest BCUT2D eigenvalue weighted by Crippen LogP contribution is -2.42.